The molecule has 1 aliphatic rings. The fourth-order valence-electron chi connectivity index (χ4n) is 4.32. The number of phosphoric ester groups is 3. The van der Waals surface area contributed by atoms with E-state index in [4.69, 9.17) is 29.4 Å². The van der Waals surface area contributed by atoms with Crippen molar-refractivity contribution in [1.29, 1.82) is 0 Å². The molecule has 2 amide bonds. The first-order valence-electron chi connectivity index (χ1n) is 15.0. The van der Waals surface area contributed by atoms with E-state index in [9.17, 15) is 57.9 Å². The second kappa shape index (κ2) is 20.3. The lowest BCUT2D eigenvalue weighted by Crippen LogP contribution is -2.46. The topological polar surface area (TPSA) is 401 Å². The van der Waals surface area contributed by atoms with Gasteiger partial charge in [-0.25, -0.2) is 28.6 Å². The molecule has 1 saturated heterocycles. The number of aromatic nitrogens is 4. The van der Waals surface area contributed by atoms with Crippen LogP contribution in [0.4, 0.5) is 5.82 Å². The molecule has 0 saturated carbocycles. The number of hydrogen-bond acceptors (Lipinski definition) is 19. The fraction of sp³-hybridized carbons (Fsp3) is 0.625. The van der Waals surface area contributed by atoms with Crippen LogP contribution in [0.15, 0.2) is 12.7 Å². The van der Waals surface area contributed by atoms with Gasteiger partial charge in [-0.3, -0.25) is 37.3 Å². The van der Waals surface area contributed by atoms with Crippen LogP contribution in [0.3, 0.4) is 0 Å². The molecule has 306 valence electrons. The number of carboxylic acid groups (broad SMARTS) is 1. The van der Waals surface area contributed by atoms with E-state index in [0.29, 0.717) is 5.75 Å². The third-order valence-corrected chi connectivity index (χ3v) is 10.7. The van der Waals surface area contributed by atoms with Gasteiger partial charge in [0.15, 0.2) is 22.8 Å². The molecule has 7 atom stereocenters. The summed E-state index contributed by atoms with van der Waals surface area (Å²) in [5.74, 6) is -1.08. The highest BCUT2D eigenvalue weighted by Gasteiger charge is 2.50. The van der Waals surface area contributed by atoms with Crippen molar-refractivity contribution in [2.24, 2.45) is 5.41 Å². The molecule has 26 nitrogen and oxygen atoms in total. The van der Waals surface area contributed by atoms with Crippen LogP contribution in [0.25, 0.3) is 11.2 Å². The Morgan fingerprint density at radius 1 is 1.09 bits per heavy atom. The number of aliphatic hydroxyl groups excluding tert-OH is 2. The number of carbonyl (C=O) groups is 4. The molecule has 0 spiro atoms. The van der Waals surface area contributed by atoms with Crippen LogP contribution in [0.5, 0.6) is 0 Å². The molecule has 3 heterocycles. The van der Waals surface area contributed by atoms with Crippen molar-refractivity contribution < 1.29 is 90.4 Å². The standard InChI is InChI=1S/C23H38N7O17P3S.CH2O2/c1-12(31)51-7-6-25-14(32)4-5-26-21(35)18(34)23(2,3)9-44-50(41,42)47-49(39,40)43-8-13-17(46-48(36,37)38)16(33)22(45-13)30-11-29-15-19(24)27-10-28-20(15)30;2-1-3/h10-11,13,16-18,22,33-34H,4-9H2,1-3H3,(H,25,32)(H,26,35)(H,39,40)(H,41,42)(H2,24,27,28)(H2,36,37,38);1H,(H,2,3)/t13-,16-,17-,18?,22-;/m1./s1. The molecule has 1 aliphatic heterocycles. The number of nitrogens with zero attached hydrogens (tertiary/aromatic N) is 4. The Balaban J connectivity index is 0.00000325. The Morgan fingerprint density at radius 2 is 1.72 bits per heavy atom. The summed E-state index contributed by atoms with van der Waals surface area (Å²) in [4.78, 5) is 94.3. The van der Waals surface area contributed by atoms with Crippen molar-refractivity contribution in [3.05, 3.63) is 12.7 Å². The molecule has 11 N–H and O–H groups in total. The zero-order valence-electron chi connectivity index (χ0n) is 28.5. The molecular formula is C24H40N7O19P3S. The van der Waals surface area contributed by atoms with Crippen molar-refractivity contribution in [3.8, 4) is 0 Å². The molecule has 3 unspecified atom stereocenters. The van der Waals surface area contributed by atoms with Crippen LogP contribution >= 0.6 is 35.2 Å². The highest BCUT2D eigenvalue weighted by molar-refractivity contribution is 8.13. The number of nitrogens with one attached hydrogen (secondary N) is 2. The van der Waals surface area contributed by atoms with Gasteiger partial charge in [-0.2, -0.15) is 4.31 Å². The lowest BCUT2D eigenvalue weighted by Gasteiger charge is -2.30. The highest BCUT2D eigenvalue weighted by Crippen LogP contribution is 2.61. The van der Waals surface area contributed by atoms with Gasteiger partial charge in [-0.1, -0.05) is 25.6 Å². The Hall–Kier alpha value is -2.97. The molecule has 0 radical (unpaired) electrons. The molecule has 54 heavy (non-hydrogen) atoms. The van der Waals surface area contributed by atoms with E-state index in [2.05, 4.69) is 34.4 Å². The van der Waals surface area contributed by atoms with Crippen molar-refractivity contribution >= 4 is 75.6 Å². The molecule has 2 aromatic rings. The Morgan fingerprint density at radius 3 is 2.33 bits per heavy atom. The summed E-state index contributed by atoms with van der Waals surface area (Å²) in [5.41, 5.74) is 4.26. The normalized spacial score (nSPS) is 21.6. The largest absolute Gasteiger partial charge is 0.483 e. The predicted molar refractivity (Wildman–Crippen MR) is 181 cm³/mol. The molecule has 0 aliphatic carbocycles. The third kappa shape index (κ3) is 14.9. The summed E-state index contributed by atoms with van der Waals surface area (Å²) in [6, 6.07) is 0. The van der Waals surface area contributed by atoms with Gasteiger partial charge in [0.2, 0.25) is 11.8 Å². The van der Waals surface area contributed by atoms with Crippen LogP contribution in [0, 0.1) is 5.41 Å². The van der Waals surface area contributed by atoms with Crippen molar-refractivity contribution in [2.75, 3.05) is 37.8 Å². The second-order valence-electron chi connectivity index (χ2n) is 11.5. The number of fused-ring (bicyclic) bond motifs is 1. The molecule has 0 bridgehead atoms. The summed E-state index contributed by atoms with van der Waals surface area (Å²) >= 11 is 1.03. The Labute approximate surface area is 309 Å². The summed E-state index contributed by atoms with van der Waals surface area (Å²) in [6.45, 7) is 1.65. The van der Waals surface area contributed by atoms with E-state index in [-0.39, 0.29) is 48.1 Å². The zero-order chi connectivity index (χ0) is 41.1. The highest BCUT2D eigenvalue weighted by atomic mass is 32.2. The van der Waals surface area contributed by atoms with Gasteiger partial charge in [0.1, 0.15) is 36.3 Å². The van der Waals surface area contributed by atoms with E-state index in [1.54, 1.807) is 0 Å². The maximum absolute atomic E-state index is 12.6. The molecule has 30 heteroatoms. The number of aliphatic hydroxyl groups is 2. The Kier molecular flexibility index (Phi) is 17.7. The van der Waals surface area contributed by atoms with Crippen molar-refractivity contribution in [3.63, 3.8) is 0 Å². The minimum absolute atomic E-state index is 0.0310. The number of amides is 2. The molecule has 3 rings (SSSR count). The third-order valence-electron chi connectivity index (χ3n) is 6.81. The van der Waals surface area contributed by atoms with E-state index in [1.807, 2.05) is 0 Å². The minimum Gasteiger partial charge on any atom is -0.483 e. The van der Waals surface area contributed by atoms with E-state index in [0.717, 1.165) is 29.0 Å². The number of hydrogen-bond donors (Lipinski definition) is 10. The van der Waals surface area contributed by atoms with Gasteiger partial charge in [0.05, 0.1) is 19.5 Å². The second-order valence-corrected chi connectivity index (χ2v) is 17.0. The monoisotopic (exact) mass is 855 g/mol. The molecule has 1 fully saturated rings. The number of nitrogen functional groups attached to an aromatic ring is 1. The molecule has 2 aromatic heterocycles. The van der Waals surface area contributed by atoms with E-state index in [1.165, 1.54) is 20.8 Å². The van der Waals surface area contributed by atoms with Gasteiger partial charge in [-0.15, -0.1) is 0 Å². The van der Waals surface area contributed by atoms with Crippen LogP contribution in [0.1, 0.15) is 33.4 Å². The van der Waals surface area contributed by atoms with Crippen molar-refractivity contribution in [1.82, 2.24) is 30.2 Å². The summed E-state index contributed by atoms with van der Waals surface area (Å²) in [7, 11) is -16.4. The van der Waals surface area contributed by atoms with Crippen LogP contribution in [0.2, 0.25) is 0 Å². The number of phosphoric acid groups is 3. The maximum atomic E-state index is 12.6. The summed E-state index contributed by atoms with van der Waals surface area (Å²) in [6.07, 6.45) is -6.88. The minimum atomic E-state index is -5.56. The first-order chi connectivity index (χ1) is 24.9. The van der Waals surface area contributed by atoms with E-state index >= 15 is 0 Å². The number of anilines is 1. The summed E-state index contributed by atoms with van der Waals surface area (Å²) < 4.78 is 61.8. The Bertz CT molecular complexity index is 1760. The van der Waals surface area contributed by atoms with Gasteiger partial charge in [-0.05, 0) is 0 Å². The van der Waals surface area contributed by atoms with Gasteiger partial charge in [0.25, 0.3) is 6.47 Å². The average Bonchev–Trinajstić information content (AvgIpc) is 3.61. The van der Waals surface area contributed by atoms with Crippen molar-refractivity contribution in [2.45, 2.75) is 57.8 Å². The predicted octanol–water partition coefficient (Wildman–Crippen LogP) is -1.61. The lowest BCUT2D eigenvalue weighted by molar-refractivity contribution is -0.137. The fourth-order valence-corrected chi connectivity index (χ4v) is 7.65. The SMILES string of the molecule is CC(=O)SCCNC(=O)CCNC(=O)C(O)C(C)(C)COP(=O)(O)OP(=O)(O)OC[C@H]1O[C@@H](n2cnc3c(N)ncnc32)[C@H](O)[C@@H]1OP(=O)(O)O.O=CO. The van der Waals surface area contributed by atoms with Gasteiger partial charge >= 0.3 is 23.5 Å². The van der Waals surface area contributed by atoms with Gasteiger partial charge < -0.3 is 56.0 Å². The average molecular weight is 856 g/mol. The quantitative estimate of drug-likeness (QED) is 0.0431. The molecule has 0 aromatic carbocycles. The summed E-state index contributed by atoms with van der Waals surface area (Å²) in [5, 5.41) is 32.9. The number of carbonyl (C=O) groups excluding carboxylic acids is 3. The van der Waals surface area contributed by atoms with Crippen LogP contribution in [-0.4, -0.2) is 134 Å². The van der Waals surface area contributed by atoms with Gasteiger partial charge in [0, 0.05) is 37.6 Å². The number of imidazole rings is 1. The van der Waals surface area contributed by atoms with Crippen LogP contribution < -0.4 is 16.4 Å². The number of nitrogens with two attached hydrogens (primary N) is 1. The number of thioether (sulfide) groups is 1. The zero-order valence-corrected chi connectivity index (χ0v) is 32.0. The first kappa shape index (κ1) is 47.2. The number of rotatable bonds is 19. The first-order valence-corrected chi connectivity index (χ1v) is 20.5. The smallest absolute Gasteiger partial charge is 0.481 e. The lowest BCUT2D eigenvalue weighted by atomic mass is 9.87. The number of ether oxygens (including phenoxy) is 1. The van der Waals surface area contributed by atoms with Crippen LogP contribution in [-0.2, 0) is 55.5 Å². The maximum Gasteiger partial charge on any atom is 0.481 e. The molecular weight excluding hydrogens is 815 g/mol. The van der Waals surface area contributed by atoms with E-state index < -0.39 is 84.6 Å².